The molecule has 0 saturated heterocycles. The molecule has 0 atom stereocenters. The van der Waals surface area contributed by atoms with Crippen molar-refractivity contribution in [1.29, 1.82) is 0 Å². The van der Waals surface area contributed by atoms with Gasteiger partial charge in [-0.25, -0.2) is 0 Å². The van der Waals surface area contributed by atoms with Crippen LogP contribution in [0.1, 0.15) is 11.1 Å². The molecule has 13 heavy (non-hydrogen) atoms. The van der Waals surface area contributed by atoms with Gasteiger partial charge in [-0.05, 0) is 42.3 Å². The van der Waals surface area contributed by atoms with Crippen LogP contribution in [0.3, 0.4) is 0 Å². The van der Waals surface area contributed by atoms with Crippen LogP contribution < -0.4 is 0 Å². The second kappa shape index (κ2) is 2.77. The second-order valence-corrected chi connectivity index (χ2v) is 3.49. The van der Waals surface area contributed by atoms with Gasteiger partial charge in [0.25, 0.3) is 0 Å². The van der Waals surface area contributed by atoms with Crippen molar-refractivity contribution in [2.75, 3.05) is 0 Å². The van der Waals surface area contributed by atoms with Crippen molar-refractivity contribution >= 4 is 10.8 Å². The maximum atomic E-state index is 9.31. The van der Waals surface area contributed by atoms with Crippen LogP contribution in [-0.4, -0.2) is 5.11 Å². The Morgan fingerprint density at radius 2 is 1.77 bits per heavy atom. The molecule has 0 aliphatic rings. The van der Waals surface area contributed by atoms with E-state index >= 15 is 0 Å². The molecule has 0 bridgehead atoms. The van der Waals surface area contributed by atoms with Crippen LogP contribution in [0.5, 0.6) is 5.75 Å². The van der Waals surface area contributed by atoms with Gasteiger partial charge in [0.2, 0.25) is 0 Å². The highest BCUT2D eigenvalue weighted by molar-refractivity contribution is 5.87. The Balaban J connectivity index is 2.86. The average molecular weight is 172 g/mol. The molecule has 0 amide bonds. The first-order chi connectivity index (χ1) is 6.16. The molecule has 0 radical (unpaired) electrons. The number of phenols is 1. The Kier molecular flexibility index (Phi) is 1.73. The molecule has 0 aliphatic carbocycles. The summed E-state index contributed by atoms with van der Waals surface area (Å²) in [5.41, 5.74) is 2.49. The first kappa shape index (κ1) is 8.11. The van der Waals surface area contributed by atoms with Gasteiger partial charge in [-0.15, -0.1) is 0 Å². The molecule has 0 unspecified atom stereocenters. The van der Waals surface area contributed by atoms with Gasteiger partial charge >= 0.3 is 0 Å². The minimum atomic E-state index is 0.331. The first-order valence-corrected chi connectivity index (χ1v) is 4.37. The summed E-state index contributed by atoms with van der Waals surface area (Å²) in [5.74, 6) is 0.331. The van der Waals surface area contributed by atoms with Gasteiger partial charge in [0.05, 0.1) is 0 Å². The van der Waals surface area contributed by atoms with Gasteiger partial charge in [0.1, 0.15) is 5.75 Å². The smallest absolute Gasteiger partial charge is 0.116 e. The lowest BCUT2D eigenvalue weighted by Crippen LogP contribution is -1.80. The summed E-state index contributed by atoms with van der Waals surface area (Å²) < 4.78 is 0. The summed E-state index contributed by atoms with van der Waals surface area (Å²) >= 11 is 0. The molecule has 1 N–H and O–H groups in total. The van der Waals surface area contributed by atoms with Crippen molar-refractivity contribution < 1.29 is 5.11 Å². The maximum absolute atomic E-state index is 9.31. The van der Waals surface area contributed by atoms with E-state index in [0.717, 1.165) is 5.39 Å². The van der Waals surface area contributed by atoms with Crippen LogP contribution in [-0.2, 0) is 0 Å². The lowest BCUT2D eigenvalue weighted by Gasteiger charge is -2.04. The minimum Gasteiger partial charge on any atom is -0.508 e. The zero-order valence-electron chi connectivity index (χ0n) is 7.83. The molecule has 66 valence electrons. The number of aromatic hydroxyl groups is 1. The lowest BCUT2D eigenvalue weighted by molar-refractivity contribution is 0.476. The van der Waals surface area contributed by atoms with Crippen LogP contribution in [0.25, 0.3) is 10.8 Å². The number of hydrogen-bond donors (Lipinski definition) is 1. The van der Waals surface area contributed by atoms with Gasteiger partial charge in [-0.1, -0.05) is 23.8 Å². The summed E-state index contributed by atoms with van der Waals surface area (Å²) in [6.07, 6.45) is 0. The van der Waals surface area contributed by atoms with Crippen molar-refractivity contribution in [1.82, 2.24) is 0 Å². The predicted molar refractivity (Wildman–Crippen MR) is 55.1 cm³/mol. The second-order valence-electron chi connectivity index (χ2n) is 3.49. The Hall–Kier alpha value is -1.50. The standard InChI is InChI=1S/C12H12O/c1-8-5-9(2)12-4-3-11(13)7-10(12)6-8/h3-7,13H,1-2H3. The van der Waals surface area contributed by atoms with E-state index in [2.05, 4.69) is 26.0 Å². The van der Waals surface area contributed by atoms with E-state index in [0.29, 0.717) is 5.75 Å². The summed E-state index contributed by atoms with van der Waals surface area (Å²) in [5, 5.41) is 11.6. The quantitative estimate of drug-likeness (QED) is 0.647. The van der Waals surface area contributed by atoms with Crippen LogP contribution in [0.2, 0.25) is 0 Å². The normalized spacial score (nSPS) is 10.6. The fraction of sp³-hybridized carbons (Fsp3) is 0.167. The van der Waals surface area contributed by atoms with Gasteiger partial charge in [0.15, 0.2) is 0 Å². The lowest BCUT2D eigenvalue weighted by atomic mass is 10.0. The monoisotopic (exact) mass is 172 g/mol. The minimum absolute atomic E-state index is 0.331. The van der Waals surface area contributed by atoms with E-state index < -0.39 is 0 Å². The molecule has 0 fully saturated rings. The molecule has 0 aromatic heterocycles. The third kappa shape index (κ3) is 1.37. The van der Waals surface area contributed by atoms with E-state index in [1.165, 1.54) is 16.5 Å². The zero-order chi connectivity index (χ0) is 9.42. The number of phenolic OH excluding ortho intramolecular Hbond substituents is 1. The maximum Gasteiger partial charge on any atom is 0.116 e. The van der Waals surface area contributed by atoms with Gasteiger partial charge in [-0.2, -0.15) is 0 Å². The van der Waals surface area contributed by atoms with Crippen molar-refractivity contribution in [2.45, 2.75) is 13.8 Å². The van der Waals surface area contributed by atoms with Crippen molar-refractivity contribution in [3.63, 3.8) is 0 Å². The molecule has 2 aromatic carbocycles. The fourth-order valence-electron chi connectivity index (χ4n) is 1.73. The molecule has 1 heteroatoms. The predicted octanol–water partition coefficient (Wildman–Crippen LogP) is 3.16. The highest BCUT2D eigenvalue weighted by Gasteiger charge is 1.98. The van der Waals surface area contributed by atoms with Gasteiger partial charge < -0.3 is 5.11 Å². The highest BCUT2D eigenvalue weighted by Crippen LogP contribution is 2.23. The van der Waals surface area contributed by atoms with Crippen LogP contribution >= 0.6 is 0 Å². The molecule has 0 spiro atoms. The Morgan fingerprint density at radius 1 is 1.00 bits per heavy atom. The molecule has 1 nitrogen and oxygen atoms in total. The van der Waals surface area contributed by atoms with Gasteiger partial charge in [0, 0.05) is 0 Å². The van der Waals surface area contributed by atoms with Crippen LogP contribution in [0.4, 0.5) is 0 Å². The average Bonchev–Trinajstić information content (AvgIpc) is 2.02. The van der Waals surface area contributed by atoms with Crippen LogP contribution in [0, 0.1) is 13.8 Å². The Morgan fingerprint density at radius 3 is 2.54 bits per heavy atom. The Bertz CT molecular complexity index is 453. The highest BCUT2D eigenvalue weighted by atomic mass is 16.3. The number of aryl methyl sites for hydroxylation is 2. The molecule has 2 aromatic rings. The summed E-state index contributed by atoms with van der Waals surface area (Å²) in [6, 6.07) is 9.72. The zero-order valence-corrected chi connectivity index (χ0v) is 7.83. The van der Waals surface area contributed by atoms with Crippen molar-refractivity contribution in [2.24, 2.45) is 0 Å². The first-order valence-electron chi connectivity index (χ1n) is 4.37. The number of rotatable bonds is 0. The summed E-state index contributed by atoms with van der Waals surface area (Å²) in [4.78, 5) is 0. The van der Waals surface area contributed by atoms with E-state index in [1.807, 2.05) is 6.07 Å². The van der Waals surface area contributed by atoms with Gasteiger partial charge in [-0.3, -0.25) is 0 Å². The fourth-order valence-corrected chi connectivity index (χ4v) is 1.73. The van der Waals surface area contributed by atoms with Crippen molar-refractivity contribution in [3.05, 3.63) is 41.5 Å². The molecule has 2 rings (SSSR count). The van der Waals surface area contributed by atoms with E-state index in [4.69, 9.17) is 0 Å². The summed E-state index contributed by atoms with van der Waals surface area (Å²) in [6.45, 7) is 4.16. The third-order valence-corrected chi connectivity index (χ3v) is 2.29. The SMILES string of the molecule is Cc1cc(C)c2ccc(O)cc2c1. The largest absolute Gasteiger partial charge is 0.508 e. The van der Waals surface area contributed by atoms with Crippen LogP contribution in [0.15, 0.2) is 30.3 Å². The number of hydrogen-bond acceptors (Lipinski definition) is 1. The molecular formula is C12H12O. The molecule has 0 aliphatic heterocycles. The number of fused-ring (bicyclic) bond motifs is 1. The third-order valence-electron chi connectivity index (χ3n) is 2.29. The topological polar surface area (TPSA) is 20.2 Å². The van der Waals surface area contributed by atoms with E-state index in [9.17, 15) is 5.11 Å². The molecule has 0 saturated carbocycles. The molecule has 0 heterocycles. The molecular weight excluding hydrogens is 160 g/mol. The number of benzene rings is 2. The summed E-state index contributed by atoms with van der Waals surface area (Å²) in [7, 11) is 0. The Labute approximate surface area is 77.6 Å². The van der Waals surface area contributed by atoms with E-state index in [1.54, 1.807) is 12.1 Å². The van der Waals surface area contributed by atoms with Crippen molar-refractivity contribution in [3.8, 4) is 5.75 Å². The van der Waals surface area contributed by atoms with E-state index in [-0.39, 0.29) is 0 Å².